The summed E-state index contributed by atoms with van der Waals surface area (Å²) in [5.74, 6) is 0.265. The van der Waals surface area contributed by atoms with Gasteiger partial charge in [-0.2, -0.15) is 5.26 Å². The van der Waals surface area contributed by atoms with Gasteiger partial charge in [0.15, 0.2) is 5.69 Å². The maximum atomic E-state index is 10.4. The lowest BCUT2D eigenvalue weighted by atomic mass is 10.3. The molecule has 1 aromatic rings. The van der Waals surface area contributed by atoms with Gasteiger partial charge in [0, 0.05) is 13.0 Å². The number of rotatable bonds is 5. The van der Waals surface area contributed by atoms with Gasteiger partial charge in [0.25, 0.3) is 0 Å². The second-order valence-electron chi connectivity index (χ2n) is 2.90. The molecular formula is C9H11N5O. The lowest BCUT2D eigenvalue weighted by Crippen LogP contribution is -2.13. The SMILES string of the molecule is N#Cc1cnc(NCCCC(N)=O)cn1. The van der Waals surface area contributed by atoms with Gasteiger partial charge in [0.05, 0.1) is 12.4 Å². The number of nitriles is 1. The Labute approximate surface area is 87.1 Å². The van der Waals surface area contributed by atoms with Crippen molar-refractivity contribution in [2.45, 2.75) is 12.8 Å². The van der Waals surface area contributed by atoms with Gasteiger partial charge in [-0.15, -0.1) is 0 Å². The number of hydrogen-bond donors (Lipinski definition) is 2. The summed E-state index contributed by atoms with van der Waals surface area (Å²) < 4.78 is 0. The minimum Gasteiger partial charge on any atom is -0.370 e. The molecule has 0 aliphatic rings. The molecular weight excluding hydrogens is 194 g/mol. The van der Waals surface area contributed by atoms with Crippen molar-refractivity contribution in [3.05, 3.63) is 18.1 Å². The molecule has 78 valence electrons. The Hall–Kier alpha value is -2.16. The van der Waals surface area contributed by atoms with Crippen molar-refractivity contribution in [2.24, 2.45) is 5.73 Å². The van der Waals surface area contributed by atoms with E-state index in [0.717, 1.165) is 0 Å². The number of nitrogens with zero attached hydrogens (tertiary/aromatic N) is 3. The van der Waals surface area contributed by atoms with E-state index in [9.17, 15) is 4.79 Å². The van der Waals surface area contributed by atoms with E-state index in [1.54, 1.807) is 0 Å². The second-order valence-corrected chi connectivity index (χ2v) is 2.90. The van der Waals surface area contributed by atoms with Crippen LogP contribution in [0.5, 0.6) is 0 Å². The van der Waals surface area contributed by atoms with Gasteiger partial charge in [0.2, 0.25) is 5.91 Å². The van der Waals surface area contributed by atoms with Gasteiger partial charge in [-0.25, -0.2) is 9.97 Å². The molecule has 0 aromatic carbocycles. The van der Waals surface area contributed by atoms with Crippen LogP contribution in [0, 0.1) is 11.3 Å². The highest BCUT2D eigenvalue weighted by molar-refractivity contribution is 5.73. The van der Waals surface area contributed by atoms with Crippen molar-refractivity contribution >= 4 is 11.7 Å². The molecule has 0 spiro atoms. The van der Waals surface area contributed by atoms with E-state index < -0.39 is 0 Å². The van der Waals surface area contributed by atoms with Gasteiger partial charge in [0.1, 0.15) is 11.9 Å². The molecule has 0 atom stereocenters. The molecule has 0 aliphatic heterocycles. The monoisotopic (exact) mass is 205 g/mol. The topological polar surface area (TPSA) is 105 Å². The maximum absolute atomic E-state index is 10.4. The number of aromatic nitrogens is 2. The van der Waals surface area contributed by atoms with Gasteiger partial charge >= 0.3 is 0 Å². The lowest BCUT2D eigenvalue weighted by Gasteiger charge is -2.02. The molecule has 6 nitrogen and oxygen atoms in total. The van der Waals surface area contributed by atoms with Crippen molar-refractivity contribution in [1.82, 2.24) is 9.97 Å². The first-order chi connectivity index (χ1) is 7.22. The largest absolute Gasteiger partial charge is 0.370 e. The zero-order valence-corrected chi connectivity index (χ0v) is 8.10. The number of hydrogen-bond acceptors (Lipinski definition) is 5. The van der Waals surface area contributed by atoms with Crippen LogP contribution < -0.4 is 11.1 Å². The molecule has 0 unspecified atom stereocenters. The molecule has 3 N–H and O–H groups in total. The number of carbonyl (C=O) groups is 1. The Balaban J connectivity index is 2.32. The molecule has 0 aliphatic carbocycles. The molecule has 6 heteroatoms. The van der Waals surface area contributed by atoms with Crippen molar-refractivity contribution in [1.29, 1.82) is 5.26 Å². The van der Waals surface area contributed by atoms with E-state index in [4.69, 9.17) is 11.0 Å². The standard InChI is InChI=1S/C9H11N5O/c10-4-7-5-14-9(6-13-7)12-3-1-2-8(11)15/h5-6H,1-3H2,(H2,11,15)(H,12,14). The number of anilines is 1. The van der Waals surface area contributed by atoms with Crippen LogP contribution in [0.4, 0.5) is 5.82 Å². The average molecular weight is 205 g/mol. The van der Waals surface area contributed by atoms with E-state index in [1.165, 1.54) is 12.4 Å². The quantitative estimate of drug-likeness (QED) is 0.659. The number of nitrogens with one attached hydrogen (secondary N) is 1. The van der Waals surface area contributed by atoms with Gasteiger partial charge in [-0.3, -0.25) is 4.79 Å². The predicted octanol–water partition coefficient (Wildman–Crippen LogP) is 0.0257. The minimum atomic E-state index is -0.317. The smallest absolute Gasteiger partial charge is 0.217 e. The molecule has 1 amide bonds. The Bertz CT molecular complexity index is 367. The summed E-state index contributed by atoms with van der Waals surface area (Å²) in [5.41, 5.74) is 5.25. The number of primary amides is 1. The molecule has 0 saturated heterocycles. The third-order valence-corrected chi connectivity index (χ3v) is 1.67. The molecule has 0 fully saturated rings. The number of amides is 1. The highest BCUT2D eigenvalue weighted by Gasteiger charge is 1.97. The normalized spacial score (nSPS) is 9.27. The Morgan fingerprint density at radius 1 is 1.53 bits per heavy atom. The van der Waals surface area contributed by atoms with E-state index in [0.29, 0.717) is 25.2 Å². The first kappa shape index (κ1) is 10.9. The molecule has 1 rings (SSSR count). The Morgan fingerprint density at radius 3 is 2.87 bits per heavy atom. The summed E-state index contributed by atoms with van der Waals surface area (Å²) in [6, 6.07) is 1.87. The third kappa shape index (κ3) is 4.04. The zero-order valence-electron chi connectivity index (χ0n) is 8.10. The number of nitrogens with two attached hydrogens (primary N) is 1. The van der Waals surface area contributed by atoms with E-state index in [2.05, 4.69) is 15.3 Å². The Kier molecular flexibility index (Phi) is 4.04. The maximum Gasteiger partial charge on any atom is 0.217 e. The van der Waals surface area contributed by atoms with E-state index >= 15 is 0 Å². The van der Waals surface area contributed by atoms with Crippen molar-refractivity contribution in [3.63, 3.8) is 0 Å². The molecule has 0 radical (unpaired) electrons. The molecule has 1 aromatic heterocycles. The first-order valence-corrected chi connectivity index (χ1v) is 4.46. The van der Waals surface area contributed by atoms with E-state index in [-0.39, 0.29) is 11.6 Å². The summed E-state index contributed by atoms with van der Waals surface area (Å²) in [7, 11) is 0. The molecule has 15 heavy (non-hydrogen) atoms. The minimum absolute atomic E-state index is 0.276. The highest BCUT2D eigenvalue weighted by Crippen LogP contribution is 2.00. The van der Waals surface area contributed by atoms with Crippen molar-refractivity contribution < 1.29 is 4.79 Å². The summed E-state index contributed by atoms with van der Waals surface area (Å²) in [4.78, 5) is 18.2. The zero-order chi connectivity index (χ0) is 11.1. The number of carbonyl (C=O) groups excluding carboxylic acids is 1. The fraction of sp³-hybridized carbons (Fsp3) is 0.333. The van der Waals surface area contributed by atoms with Crippen molar-refractivity contribution in [2.75, 3.05) is 11.9 Å². The van der Waals surface area contributed by atoms with Crippen LogP contribution >= 0.6 is 0 Å². The third-order valence-electron chi connectivity index (χ3n) is 1.67. The predicted molar refractivity (Wildman–Crippen MR) is 53.7 cm³/mol. The fourth-order valence-electron chi connectivity index (χ4n) is 0.956. The van der Waals surface area contributed by atoms with Crippen LogP contribution in [-0.2, 0) is 4.79 Å². The van der Waals surface area contributed by atoms with Gasteiger partial charge < -0.3 is 11.1 Å². The second kappa shape index (κ2) is 5.54. The average Bonchev–Trinajstić information content (AvgIpc) is 2.25. The molecule has 0 bridgehead atoms. The van der Waals surface area contributed by atoms with Crippen LogP contribution in [-0.4, -0.2) is 22.4 Å². The summed E-state index contributed by atoms with van der Waals surface area (Å²) in [6.45, 7) is 0.601. The van der Waals surface area contributed by atoms with Gasteiger partial charge in [-0.1, -0.05) is 0 Å². The fourth-order valence-corrected chi connectivity index (χ4v) is 0.956. The van der Waals surface area contributed by atoms with Crippen LogP contribution in [0.1, 0.15) is 18.5 Å². The molecule has 0 saturated carbocycles. The molecule has 1 heterocycles. The van der Waals surface area contributed by atoms with E-state index in [1.807, 2.05) is 6.07 Å². The Morgan fingerprint density at radius 2 is 2.33 bits per heavy atom. The van der Waals surface area contributed by atoms with Crippen molar-refractivity contribution in [3.8, 4) is 6.07 Å². The van der Waals surface area contributed by atoms with Crippen LogP contribution in [0.3, 0.4) is 0 Å². The van der Waals surface area contributed by atoms with Crippen LogP contribution in [0.25, 0.3) is 0 Å². The summed E-state index contributed by atoms with van der Waals surface area (Å²) in [5, 5.41) is 11.4. The highest BCUT2D eigenvalue weighted by atomic mass is 16.1. The van der Waals surface area contributed by atoms with Crippen LogP contribution in [0.2, 0.25) is 0 Å². The van der Waals surface area contributed by atoms with Gasteiger partial charge in [-0.05, 0) is 6.42 Å². The first-order valence-electron chi connectivity index (χ1n) is 4.46. The summed E-state index contributed by atoms with van der Waals surface area (Å²) in [6.07, 6.45) is 3.85. The lowest BCUT2D eigenvalue weighted by molar-refractivity contribution is -0.118. The van der Waals surface area contributed by atoms with Crippen LogP contribution in [0.15, 0.2) is 12.4 Å². The summed E-state index contributed by atoms with van der Waals surface area (Å²) >= 11 is 0.